The molecule has 0 aliphatic carbocycles. The summed E-state index contributed by atoms with van der Waals surface area (Å²) in [4.78, 5) is 13.1. The van der Waals surface area contributed by atoms with Gasteiger partial charge in [-0.15, -0.1) is 0 Å². The van der Waals surface area contributed by atoms with Crippen molar-refractivity contribution in [2.24, 2.45) is 0 Å². The Bertz CT molecular complexity index is 1550. The van der Waals surface area contributed by atoms with Gasteiger partial charge < -0.3 is 40.3 Å². The molecule has 0 aromatic carbocycles. The predicted molar refractivity (Wildman–Crippen MR) is 345 cm³/mol. The van der Waals surface area contributed by atoms with Crippen LogP contribution in [0.5, 0.6) is 0 Å². The number of aliphatic hydroxyl groups is 5. The van der Waals surface area contributed by atoms with E-state index in [2.05, 4.69) is 92.1 Å². The third-order valence-electron chi connectivity index (χ3n) is 15.9. The first-order valence-electron chi connectivity index (χ1n) is 34.3. The molecule has 470 valence electrons. The van der Waals surface area contributed by atoms with Crippen LogP contribution < -0.4 is 5.32 Å². The first-order valence-corrected chi connectivity index (χ1v) is 34.3. The largest absolute Gasteiger partial charge is 0.394 e. The van der Waals surface area contributed by atoms with Crippen LogP contribution in [0, 0.1) is 0 Å². The Morgan fingerprint density at radius 2 is 0.778 bits per heavy atom. The summed E-state index contributed by atoms with van der Waals surface area (Å²) in [5.74, 6) is -0.191. The second kappa shape index (κ2) is 60.5. The third-order valence-corrected chi connectivity index (χ3v) is 15.9. The molecule has 9 nitrogen and oxygen atoms in total. The monoisotopic (exact) mass is 1140 g/mol. The van der Waals surface area contributed by atoms with E-state index >= 15 is 0 Å². The van der Waals surface area contributed by atoms with Crippen LogP contribution in [0.3, 0.4) is 0 Å². The van der Waals surface area contributed by atoms with E-state index in [9.17, 15) is 30.3 Å². The van der Waals surface area contributed by atoms with E-state index in [1.165, 1.54) is 218 Å². The number of carbonyl (C=O) groups is 1. The Kier molecular flexibility index (Phi) is 57.0. The van der Waals surface area contributed by atoms with E-state index in [0.717, 1.165) is 70.6 Å². The highest BCUT2D eigenvalue weighted by molar-refractivity contribution is 5.76. The first kappa shape index (κ1) is 76.4. The molecule has 0 aromatic rings. The van der Waals surface area contributed by atoms with Gasteiger partial charge in [-0.2, -0.15) is 0 Å². The highest BCUT2D eigenvalue weighted by Gasteiger charge is 2.44. The summed E-state index contributed by atoms with van der Waals surface area (Å²) >= 11 is 0. The number of carbonyl (C=O) groups excluding carboxylic acids is 1. The van der Waals surface area contributed by atoms with E-state index in [-0.39, 0.29) is 12.5 Å². The van der Waals surface area contributed by atoms with Gasteiger partial charge in [0.1, 0.15) is 24.4 Å². The molecule has 1 aliphatic rings. The molecule has 1 saturated heterocycles. The average Bonchev–Trinajstić information content (AvgIpc) is 3.48. The maximum absolute atomic E-state index is 13.1. The lowest BCUT2D eigenvalue weighted by Crippen LogP contribution is -2.60. The fourth-order valence-corrected chi connectivity index (χ4v) is 10.6. The molecule has 9 heteroatoms. The molecule has 6 N–H and O–H groups in total. The zero-order chi connectivity index (χ0) is 58.6. The van der Waals surface area contributed by atoms with Crippen LogP contribution >= 0.6 is 0 Å². The van der Waals surface area contributed by atoms with Crippen molar-refractivity contribution in [2.45, 2.75) is 352 Å². The molecule has 1 heterocycles. The second-order valence-corrected chi connectivity index (χ2v) is 23.6. The molecule has 1 rings (SSSR count). The standard InChI is InChI=1S/C72H129NO8/c1-3-5-7-9-11-13-15-17-19-21-23-25-27-29-31-32-33-34-36-37-39-41-43-45-47-49-51-53-55-57-59-61-66(75)65(64-80-72-71(79)70(78)69(77)67(63-74)81-72)73-68(76)62-60-58-56-54-52-50-48-46-44-42-40-38-35-30-28-26-24-22-20-18-16-14-12-10-8-6-4-2/h6,8,12,14,18,20,24,26,43,45,51,53,59,61,65-67,69-72,74-75,77-79H,3-5,7,9-11,13,15-17,19,21-23,25,27-42,44,46-50,52,54-58,60,62-64H2,1-2H3,(H,73,76)/b8-6-,14-12-,20-18-,26-24-,45-43+,53-51+,61-59+. The van der Waals surface area contributed by atoms with Gasteiger partial charge in [0.2, 0.25) is 5.91 Å². The van der Waals surface area contributed by atoms with Crippen molar-refractivity contribution in [3.8, 4) is 0 Å². The summed E-state index contributed by atoms with van der Waals surface area (Å²) in [6, 6.07) is -0.835. The highest BCUT2D eigenvalue weighted by atomic mass is 16.7. The predicted octanol–water partition coefficient (Wildman–Crippen LogP) is 18.5. The SMILES string of the molecule is CC/C=C\C/C=C\C/C=C\C/C=C\CCCCCCCCCCCCCCCCC(=O)NC(COC1OC(CO)C(O)C(O)C1O)C(O)/C=C/CC/C=C/CC/C=C/CCCCCCCCCCCCCCCCCCCCCCC. The van der Waals surface area contributed by atoms with E-state index in [0.29, 0.717) is 6.42 Å². The van der Waals surface area contributed by atoms with Gasteiger partial charge in [-0.05, 0) is 83.5 Å². The molecule has 0 aromatic heterocycles. The number of aliphatic hydroxyl groups excluding tert-OH is 5. The topological polar surface area (TPSA) is 149 Å². The van der Waals surface area contributed by atoms with E-state index in [1.807, 2.05) is 6.08 Å². The van der Waals surface area contributed by atoms with E-state index < -0.39 is 49.5 Å². The number of hydrogen-bond donors (Lipinski definition) is 6. The smallest absolute Gasteiger partial charge is 0.220 e. The van der Waals surface area contributed by atoms with Crippen LogP contribution in [-0.2, 0) is 14.3 Å². The normalized spacial score (nSPS) is 18.9. The summed E-state index contributed by atoms with van der Waals surface area (Å²) in [6.45, 7) is 3.68. The number of ether oxygens (including phenoxy) is 2. The van der Waals surface area contributed by atoms with E-state index in [4.69, 9.17) is 9.47 Å². The molecule has 81 heavy (non-hydrogen) atoms. The molecule has 7 unspecified atom stereocenters. The second-order valence-electron chi connectivity index (χ2n) is 23.6. The summed E-state index contributed by atoms with van der Waals surface area (Å²) in [6.07, 6.45) is 79.7. The first-order chi connectivity index (χ1) is 39.8. The minimum atomic E-state index is -1.58. The number of allylic oxidation sites excluding steroid dienone is 13. The molecular formula is C72H129NO8. The Morgan fingerprint density at radius 1 is 0.432 bits per heavy atom. The van der Waals surface area contributed by atoms with Crippen molar-refractivity contribution < 1.29 is 39.8 Å². The summed E-state index contributed by atoms with van der Waals surface area (Å²) in [7, 11) is 0. The number of amides is 1. The lowest BCUT2D eigenvalue weighted by Gasteiger charge is -2.40. The minimum Gasteiger partial charge on any atom is -0.394 e. The van der Waals surface area contributed by atoms with Crippen molar-refractivity contribution in [2.75, 3.05) is 13.2 Å². The minimum absolute atomic E-state index is 0.191. The summed E-state index contributed by atoms with van der Waals surface area (Å²) < 4.78 is 11.3. The van der Waals surface area contributed by atoms with Gasteiger partial charge in [0, 0.05) is 6.42 Å². The summed E-state index contributed by atoms with van der Waals surface area (Å²) in [5.41, 5.74) is 0. The molecule has 0 bridgehead atoms. The molecular weight excluding hydrogens is 1010 g/mol. The Morgan fingerprint density at radius 3 is 1.19 bits per heavy atom. The van der Waals surface area contributed by atoms with Crippen molar-refractivity contribution in [3.05, 3.63) is 85.1 Å². The van der Waals surface area contributed by atoms with Crippen LogP contribution in [0.4, 0.5) is 0 Å². The lowest BCUT2D eigenvalue weighted by atomic mass is 9.99. The fourth-order valence-electron chi connectivity index (χ4n) is 10.6. The van der Waals surface area contributed by atoms with Gasteiger partial charge in [-0.1, -0.05) is 304 Å². The van der Waals surface area contributed by atoms with Gasteiger partial charge in [-0.3, -0.25) is 4.79 Å². The maximum Gasteiger partial charge on any atom is 0.220 e. The Balaban J connectivity index is 2.18. The van der Waals surface area contributed by atoms with Crippen molar-refractivity contribution in [1.29, 1.82) is 0 Å². The van der Waals surface area contributed by atoms with Gasteiger partial charge >= 0.3 is 0 Å². The van der Waals surface area contributed by atoms with E-state index in [1.54, 1.807) is 6.08 Å². The number of unbranched alkanes of at least 4 members (excludes halogenated alkanes) is 37. The molecule has 0 spiro atoms. The number of hydrogen-bond acceptors (Lipinski definition) is 8. The lowest BCUT2D eigenvalue weighted by molar-refractivity contribution is -0.302. The number of nitrogens with one attached hydrogen (secondary N) is 1. The quantitative estimate of drug-likeness (QED) is 0.0261. The van der Waals surface area contributed by atoms with Crippen LogP contribution in [0.15, 0.2) is 85.1 Å². The van der Waals surface area contributed by atoms with Crippen molar-refractivity contribution in [3.63, 3.8) is 0 Å². The zero-order valence-electron chi connectivity index (χ0n) is 52.5. The molecule has 0 saturated carbocycles. The van der Waals surface area contributed by atoms with Crippen molar-refractivity contribution >= 4 is 5.91 Å². The molecule has 0 radical (unpaired) electrons. The third kappa shape index (κ3) is 49.4. The molecule has 7 atom stereocenters. The van der Waals surface area contributed by atoms with Crippen molar-refractivity contribution in [1.82, 2.24) is 5.32 Å². The molecule has 1 fully saturated rings. The fraction of sp³-hybridized carbons (Fsp3) is 0.792. The van der Waals surface area contributed by atoms with Crippen LogP contribution in [0.1, 0.15) is 309 Å². The summed E-state index contributed by atoms with van der Waals surface area (Å²) in [5, 5.41) is 54.7. The average molecular weight is 1140 g/mol. The van der Waals surface area contributed by atoms with Gasteiger partial charge in [0.25, 0.3) is 0 Å². The maximum atomic E-state index is 13.1. The zero-order valence-corrected chi connectivity index (χ0v) is 52.5. The van der Waals surface area contributed by atoms with Gasteiger partial charge in [-0.25, -0.2) is 0 Å². The molecule has 1 amide bonds. The Labute approximate surface area is 499 Å². The van der Waals surface area contributed by atoms with Crippen LogP contribution in [0.25, 0.3) is 0 Å². The Hall–Kier alpha value is -2.63. The number of rotatable bonds is 59. The van der Waals surface area contributed by atoms with Crippen LogP contribution in [0.2, 0.25) is 0 Å². The van der Waals surface area contributed by atoms with Crippen LogP contribution in [-0.4, -0.2) is 87.5 Å². The van der Waals surface area contributed by atoms with Gasteiger partial charge in [0.15, 0.2) is 6.29 Å². The molecule has 1 aliphatic heterocycles. The highest BCUT2D eigenvalue weighted by Crippen LogP contribution is 2.23. The van der Waals surface area contributed by atoms with Gasteiger partial charge in [0.05, 0.1) is 25.4 Å².